The minimum atomic E-state index is -4.77. The Morgan fingerprint density at radius 1 is 1.07 bits per heavy atom. The van der Waals surface area contributed by atoms with Crippen LogP contribution in [0.3, 0.4) is 0 Å². The molecule has 0 bridgehead atoms. The molecule has 2 amide bonds. The quantitative estimate of drug-likeness (QED) is 0.237. The summed E-state index contributed by atoms with van der Waals surface area (Å²) in [7, 11) is 0. The molecule has 4 aromatic rings. The molecule has 0 saturated carbocycles. The number of hydrogen-bond acceptors (Lipinski definition) is 7. The summed E-state index contributed by atoms with van der Waals surface area (Å²) >= 11 is 1.03. The predicted molar refractivity (Wildman–Crippen MR) is 147 cm³/mol. The highest BCUT2D eigenvalue weighted by molar-refractivity contribution is 8.15. The number of aromatic nitrogens is 3. The standard InChI is InChI=1S/C28H21F4N5O4S/c1-17-2-11-22(29)23(14-17)37-24(38)15-42-26(37)34-27(39)40-13-12-18-3-5-19(6-4-18)25-33-16-36(35-25)20-7-9-21(10-8-20)41-28(30,31)32/h2-11,14,16H,12-13,15H2,1H3. The first kappa shape index (κ1) is 28.8. The van der Waals surface area contributed by atoms with Crippen molar-refractivity contribution in [1.29, 1.82) is 0 Å². The third kappa shape index (κ3) is 6.94. The van der Waals surface area contributed by atoms with E-state index in [1.807, 2.05) is 12.1 Å². The molecule has 1 aliphatic rings. The molecule has 0 radical (unpaired) electrons. The average Bonchev–Trinajstić information content (AvgIpc) is 3.57. The number of carbonyl (C=O) groups is 2. The van der Waals surface area contributed by atoms with Gasteiger partial charge in [-0.25, -0.2) is 18.9 Å². The number of anilines is 1. The zero-order valence-corrected chi connectivity index (χ0v) is 22.7. The Morgan fingerprint density at radius 3 is 2.52 bits per heavy atom. The van der Waals surface area contributed by atoms with Crippen LogP contribution in [0.1, 0.15) is 11.1 Å². The number of aryl methyl sites for hydroxylation is 1. The van der Waals surface area contributed by atoms with Crippen LogP contribution in [0.25, 0.3) is 17.1 Å². The Kier molecular flexibility index (Phi) is 8.24. The summed E-state index contributed by atoms with van der Waals surface area (Å²) in [5.74, 6) is -0.896. The van der Waals surface area contributed by atoms with Crippen LogP contribution in [0.15, 0.2) is 78.0 Å². The number of amidine groups is 1. The number of hydrogen-bond donors (Lipinski definition) is 0. The molecular weight excluding hydrogens is 578 g/mol. The van der Waals surface area contributed by atoms with Gasteiger partial charge in [-0.1, -0.05) is 42.1 Å². The first-order valence-corrected chi connectivity index (χ1v) is 13.4. The molecule has 1 saturated heterocycles. The van der Waals surface area contributed by atoms with Crippen LogP contribution in [0.2, 0.25) is 0 Å². The molecule has 0 atom stereocenters. The van der Waals surface area contributed by atoms with Crippen molar-refractivity contribution in [2.45, 2.75) is 19.7 Å². The van der Waals surface area contributed by atoms with Crippen LogP contribution in [-0.2, 0) is 16.0 Å². The molecule has 42 heavy (non-hydrogen) atoms. The minimum absolute atomic E-state index is 0.0211. The van der Waals surface area contributed by atoms with Crippen molar-refractivity contribution >= 4 is 34.6 Å². The highest BCUT2D eigenvalue weighted by Gasteiger charge is 2.33. The van der Waals surface area contributed by atoms with Gasteiger partial charge in [0.25, 0.3) is 0 Å². The smallest absolute Gasteiger partial charge is 0.448 e. The number of halogens is 4. The van der Waals surface area contributed by atoms with Crippen molar-refractivity contribution in [3.05, 3.63) is 90.0 Å². The lowest BCUT2D eigenvalue weighted by molar-refractivity contribution is -0.274. The maximum absolute atomic E-state index is 14.4. The first-order valence-electron chi connectivity index (χ1n) is 12.4. The molecule has 9 nitrogen and oxygen atoms in total. The molecule has 1 aliphatic heterocycles. The SMILES string of the molecule is Cc1ccc(F)c(N2C(=O)CSC2=NC(=O)OCCc2ccc(-c3ncn(-c4ccc(OC(F)(F)F)cc4)n3)cc2)c1. The lowest BCUT2D eigenvalue weighted by Crippen LogP contribution is -2.30. The highest BCUT2D eigenvalue weighted by atomic mass is 32.2. The van der Waals surface area contributed by atoms with Gasteiger partial charge in [-0.15, -0.1) is 18.3 Å². The van der Waals surface area contributed by atoms with Gasteiger partial charge >= 0.3 is 12.5 Å². The fourth-order valence-electron chi connectivity index (χ4n) is 3.98. The van der Waals surface area contributed by atoms with E-state index in [0.717, 1.165) is 27.8 Å². The Morgan fingerprint density at radius 2 is 1.81 bits per heavy atom. The third-order valence-corrected chi connectivity index (χ3v) is 6.87. The van der Waals surface area contributed by atoms with Crippen LogP contribution >= 0.6 is 11.8 Å². The summed E-state index contributed by atoms with van der Waals surface area (Å²) in [5, 5.41) is 4.42. The van der Waals surface area contributed by atoms with E-state index < -0.39 is 18.3 Å². The van der Waals surface area contributed by atoms with E-state index >= 15 is 0 Å². The van der Waals surface area contributed by atoms with Gasteiger partial charge in [-0.2, -0.15) is 4.99 Å². The largest absolute Gasteiger partial charge is 0.573 e. The zero-order valence-electron chi connectivity index (χ0n) is 21.8. The molecule has 1 aromatic heterocycles. The molecule has 3 aromatic carbocycles. The fraction of sp³-hybridized carbons (Fsp3) is 0.179. The zero-order chi connectivity index (χ0) is 29.9. The van der Waals surface area contributed by atoms with Crippen molar-refractivity contribution in [2.24, 2.45) is 4.99 Å². The second kappa shape index (κ2) is 12.0. The Bertz CT molecular complexity index is 1640. The molecule has 0 spiro atoms. The van der Waals surface area contributed by atoms with Gasteiger partial charge in [0.2, 0.25) is 5.91 Å². The van der Waals surface area contributed by atoms with Crippen LogP contribution in [0.4, 0.5) is 28.0 Å². The number of aliphatic imine (C=N–C) groups is 1. The number of benzene rings is 3. The summed E-state index contributed by atoms with van der Waals surface area (Å²) in [4.78, 5) is 33.9. The number of rotatable bonds is 7. The Labute approximate surface area is 240 Å². The molecule has 5 rings (SSSR count). The highest BCUT2D eigenvalue weighted by Crippen LogP contribution is 2.30. The maximum atomic E-state index is 14.4. The second-order valence-corrected chi connectivity index (χ2v) is 9.93. The molecule has 2 heterocycles. The lowest BCUT2D eigenvalue weighted by atomic mass is 10.1. The predicted octanol–water partition coefficient (Wildman–Crippen LogP) is 6.10. The minimum Gasteiger partial charge on any atom is -0.448 e. The van der Waals surface area contributed by atoms with Crippen LogP contribution in [0.5, 0.6) is 5.75 Å². The molecular formula is C28H21F4N5O4S. The van der Waals surface area contributed by atoms with Crippen molar-refractivity contribution in [2.75, 3.05) is 17.3 Å². The van der Waals surface area contributed by atoms with E-state index in [2.05, 4.69) is 19.8 Å². The van der Waals surface area contributed by atoms with Gasteiger partial charge in [0.1, 0.15) is 17.9 Å². The maximum Gasteiger partial charge on any atom is 0.573 e. The van der Waals surface area contributed by atoms with Gasteiger partial charge in [-0.05, 0) is 54.4 Å². The van der Waals surface area contributed by atoms with Crippen LogP contribution in [0, 0.1) is 12.7 Å². The number of amides is 2. The number of ether oxygens (including phenoxy) is 2. The fourth-order valence-corrected chi connectivity index (χ4v) is 4.83. The van der Waals surface area contributed by atoms with Crippen molar-refractivity contribution in [3.8, 4) is 22.8 Å². The number of nitrogens with zero attached hydrogens (tertiary/aromatic N) is 5. The monoisotopic (exact) mass is 599 g/mol. The first-order chi connectivity index (χ1) is 20.1. The van der Waals surface area contributed by atoms with E-state index in [1.54, 1.807) is 25.1 Å². The third-order valence-electron chi connectivity index (χ3n) is 5.95. The van der Waals surface area contributed by atoms with E-state index in [9.17, 15) is 27.2 Å². The van der Waals surface area contributed by atoms with Crippen molar-refractivity contribution in [1.82, 2.24) is 14.8 Å². The molecule has 0 unspecified atom stereocenters. The molecule has 14 heteroatoms. The van der Waals surface area contributed by atoms with Gasteiger partial charge in [-0.3, -0.25) is 9.69 Å². The lowest BCUT2D eigenvalue weighted by Gasteiger charge is -2.17. The molecule has 1 fully saturated rings. The van der Waals surface area contributed by atoms with Gasteiger partial charge < -0.3 is 9.47 Å². The molecule has 0 N–H and O–H groups in total. The van der Waals surface area contributed by atoms with Crippen LogP contribution < -0.4 is 9.64 Å². The summed E-state index contributed by atoms with van der Waals surface area (Å²) < 4.78 is 61.9. The normalized spacial score (nSPS) is 14.5. The van der Waals surface area contributed by atoms with Gasteiger partial charge in [0.15, 0.2) is 11.0 Å². The van der Waals surface area contributed by atoms with Crippen molar-refractivity contribution in [3.63, 3.8) is 0 Å². The summed E-state index contributed by atoms with van der Waals surface area (Å²) in [6, 6.07) is 16.8. The number of alkyl halides is 3. The molecule has 0 aliphatic carbocycles. The van der Waals surface area contributed by atoms with Gasteiger partial charge in [0.05, 0.1) is 23.7 Å². The van der Waals surface area contributed by atoms with E-state index in [4.69, 9.17) is 4.74 Å². The van der Waals surface area contributed by atoms with E-state index in [-0.39, 0.29) is 34.9 Å². The van der Waals surface area contributed by atoms with Crippen molar-refractivity contribution < 1.29 is 36.6 Å². The Balaban J connectivity index is 1.16. The van der Waals surface area contributed by atoms with Crippen LogP contribution in [-0.4, -0.2) is 50.7 Å². The van der Waals surface area contributed by atoms with Gasteiger partial charge in [0, 0.05) is 12.0 Å². The Hall–Kier alpha value is -4.72. The number of carbonyl (C=O) groups excluding carboxylic acids is 2. The van der Waals surface area contributed by atoms with E-state index in [1.165, 1.54) is 47.4 Å². The average molecular weight is 600 g/mol. The second-order valence-electron chi connectivity index (χ2n) is 8.98. The number of thioether (sulfide) groups is 1. The van der Waals surface area contributed by atoms with E-state index in [0.29, 0.717) is 23.5 Å². The topological polar surface area (TPSA) is 98.9 Å². The summed E-state index contributed by atoms with van der Waals surface area (Å²) in [6.45, 7) is 1.79. The summed E-state index contributed by atoms with van der Waals surface area (Å²) in [6.07, 6.45) is -3.84. The summed E-state index contributed by atoms with van der Waals surface area (Å²) in [5.41, 5.74) is 2.83. The molecule has 216 valence electrons.